The number of hydrogen-bond donors (Lipinski definition) is 1. The highest BCUT2D eigenvalue weighted by atomic mass is 16.3. The fourth-order valence-electron chi connectivity index (χ4n) is 2.66. The SMILES string of the molecule is CC1CC#CC(=O)C(O)=CN1c1cccc2c1N=C[N+]2(C)C. The van der Waals surface area contributed by atoms with Crippen molar-refractivity contribution in [2.24, 2.45) is 4.99 Å². The number of quaternary nitrogens is 1. The molecule has 1 aromatic carbocycles. The van der Waals surface area contributed by atoms with Gasteiger partial charge >= 0.3 is 0 Å². The first kappa shape index (κ1) is 14.4. The van der Waals surface area contributed by atoms with Crippen LogP contribution >= 0.6 is 0 Å². The van der Waals surface area contributed by atoms with Crippen LogP contribution in [-0.2, 0) is 4.79 Å². The quantitative estimate of drug-likeness (QED) is 0.492. The molecule has 0 aromatic heterocycles. The number of ketones is 1. The second-order valence-electron chi connectivity index (χ2n) is 6.04. The Balaban J connectivity index is 2.12. The number of para-hydroxylation sites is 1. The summed E-state index contributed by atoms with van der Waals surface area (Å²) < 4.78 is 0.569. The predicted octanol–water partition coefficient (Wildman–Crippen LogP) is 2.50. The van der Waals surface area contributed by atoms with Gasteiger partial charge in [0.1, 0.15) is 0 Å². The van der Waals surface area contributed by atoms with Crippen LogP contribution in [0.2, 0.25) is 0 Å². The van der Waals surface area contributed by atoms with Gasteiger partial charge in [-0.05, 0) is 18.9 Å². The van der Waals surface area contributed by atoms with Gasteiger partial charge in [-0.2, -0.15) is 4.99 Å². The number of Topliss-reactive ketones (excluding diaryl/α,β-unsaturated/α-hetero) is 1. The van der Waals surface area contributed by atoms with E-state index < -0.39 is 5.78 Å². The predicted molar refractivity (Wildman–Crippen MR) is 88.3 cm³/mol. The number of anilines is 1. The second kappa shape index (κ2) is 5.00. The number of benzene rings is 1. The molecule has 0 fully saturated rings. The summed E-state index contributed by atoms with van der Waals surface area (Å²) in [7, 11) is 4.11. The molecule has 22 heavy (non-hydrogen) atoms. The van der Waals surface area contributed by atoms with Gasteiger partial charge in [0.15, 0.2) is 23.5 Å². The Bertz CT molecular complexity index is 766. The molecule has 0 radical (unpaired) electrons. The van der Waals surface area contributed by atoms with Crippen LogP contribution in [0.1, 0.15) is 13.3 Å². The Morgan fingerprint density at radius 1 is 1.41 bits per heavy atom. The number of carbonyl (C=O) groups excluding carboxylic acids is 1. The van der Waals surface area contributed by atoms with Gasteiger partial charge in [0, 0.05) is 18.5 Å². The van der Waals surface area contributed by atoms with Gasteiger partial charge in [0.25, 0.3) is 5.78 Å². The lowest BCUT2D eigenvalue weighted by atomic mass is 10.1. The van der Waals surface area contributed by atoms with Crippen molar-refractivity contribution in [3.05, 3.63) is 30.2 Å². The number of carbonyl (C=O) groups is 1. The molecule has 5 nitrogen and oxygen atoms in total. The third-order valence-electron chi connectivity index (χ3n) is 3.94. The molecule has 1 N–H and O–H groups in total. The first-order valence-corrected chi connectivity index (χ1v) is 7.15. The van der Waals surface area contributed by atoms with Gasteiger partial charge < -0.3 is 10.0 Å². The van der Waals surface area contributed by atoms with Crippen LogP contribution in [0.3, 0.4) is 0 Å². The Morgan fingerprint density at radius 3 is 2.95 bits per heavy atom. The minimum absolute atomic E-state index is 0.0284. The molecule has 2 aliphatic heterocycles. The topological polar surface area (TPSA) is 52.9 Å². The Labute approximate surface area is 129 Å². The zero-order chi connectivity index (χ0) is 15.9. The van der Waals surface area contributed by atoms with Crippen molar-refractivity contribution in [3.8, 4) is 11.8 Å². The maximum atomic E-state index is 11.6. The molecule has 5 heteroatoms. The Kier molecular flexibility index (Phi) is 3.27. The third-order valence-corrected chi connectivity index (χ3v) is 3.94. The molecule has 0 saturated heterocycles. The van der Waals surface area contributed by atoms with Crippen LogP contribution in [0.15, 0.2) is 35.2 Å². The van der Waals surface area contributed by atoms with Crippen molar-refractivity contribution in [1.82, 2.24) is 4.48 Å². The smallest absolute Gasteiger partial charge is 0.271 e. The molecule has 0 amide bonds. The molecule has 112 valence electrons. The Morgan fingerprint density at radius 2 is 2.18 bits per heavy atom. The maximum Gasteiger partial charge on any atom is 0.271 e. The van der Waals surface area contributed by atoms with Crippen LogP contribution in [0, 0.1) is 11.8 Å². The van der Waals surface area contributed by atoms with E-state index in [9.17, 15) is 9.90 Å². The normalized spacial score (nSPS) is 22.3. The molecule has 2 heterocycles. The summed E-state index contributed by atoms with van der Waals surface area (Å²) in [5.74, 6) is 4.36. The summed E-state index contributed by atoms with van der Waals surface area (Å²) in [4.78, 5) is 18.0. The van der Waals surface area contributed by atoms with Crippen molar-refractivity contribution < 1.29 is 9.90 Å². The summed E-state index contributed by atoms with van der Waals surface area (Å²) in [5, 5.41) is 9.91. The van der Waals surface area contributed by atoms with Crippen molar-refractivity contribution in [2.75, 3.05) is 19.0 Å². The monoisotopic (exact) mass is 296 g/mol. The molecule has 0 bridgehead atoms. The van der Waals surface area contributed by atoms with E-state index in [0.717, 1.165) is 17.1 Å². The zero-order valence-electron chi connectivity index (χ0n) is 12.9. The van der Waals surface area contributed by atoms with Crippen LogP contribution in [0.4, 0.5) is 17.1 Å². The summed E-state index contributed by atoms with van der Waals surface area (Å²) >= 11 is 0. The average molecular weight is 296 g/mol. The molecule has 1 unspecified atom stereocenters. The molecular weight excluding hydrogens is 278 g/mol. The van der Waals surface area contributed by atoms with Gasteiger partial charge in [0.05, 0.1) is 26.0 Å². The average Bonchev–Trinajstić information content (AvgIpc) is 2.79. The minimum Gasteiger partial charge on any atom is -0.503 e. The lowest BCUT2D eigenvalue weighted by Crippen LogP contribution is -2.36. The van der Waals surface area contributed by atoms with Gasteiger partial charge in [-0.1, -0.05) is 12.0 Å². The number of allylic oxidation sites excluding steroid dienone is 1. The van der Waals surface area contributed by atoms with Gasteiger partial charge in [-0.25, -0.2) is 0 Å². The van der Waals surface area contributed by atoms with Crippen molar-refractivity contribution >= 4 is 29.2 Å². The zero-order valence-corrected chi connectivity index (χ0v) is 12.9. The largest absolute Gasteiger partial charge is 0.503 e. The molecule has 3 rings (SSSR count). The summed E-state index contributed by atoms with van der Waals surface area (Å²) in [6.07, 6.45) is 3.88. The van der Waals surface area contributed by atoms with Crippen LogP contribution in [-0.4, -0.2) is 37.4 Å². The number of hydrogen-bond acceptors (Lipinski definition) is 4. The van der Waals surface area contributed by atoms with Gasteiger partial charge in [-0.15, -0.1) is 0 Å². The van der Waals surface area contributed by atoms with Crippen molar-refractivity contribution in [3.63, 3.8) is 0 Å². The molecule has 1 aromatic rings. The van der Waals surface area contributed by atoms with Gasteiger partial charge in [0.2, 0.25) is 0 Å². The van der Waals surface area contributed by atoms with Crippen LogP contribution in [0.25, 0.3) is 0 Å². The highest BCUT2D eigenvalue weighted by Gasteiger charge is 2.31. The number of aliphatic hydroxyl groups excluding tert-OH is 1. The number of fused-ring (bicyclic) bond motifs is 1. The number of aliphatic imine (C=N–C) groups is 1. The van der Waals surface area contributed by atoms with E-state index >= 15 is 0 Å². The van der Waals surface area contributed by atoms with Crippen molar-refractivity contribution in [2.45, 2.75) is 19.4 Å². The molecule has 1 atom stereocenters. The van der Waals surface area contributed by atoms with Gasteiger partial charge in [-0.3, -0.25) is 9.28 Å². The van der Waals surface area contributed by atoms with E-state index in [2.05, 4.69) is 30.9 Å². The summed E-state index contributed by atoms with van der Waals surface area (Å²) in [6, 6.07) is 5.98. The minimum atomic E-state index is -0.552. The van der Waals surface area contributed by atoms with E-state index in [1.165, 1.54) is 6.20 Å². The number of nitrogens with zero attached hydrogens (tertiary/aromatic N) is 3. The fraction of sp³-hybridized carbons (Fsp3) is 0.294. The molecule has 0 spiro atoms. The molecule has 0 aliphatic carbocycles. The lowest BCUT2D eigenvalue weighted by Gasteiger charge is -2.29. The molecule has 2 aliphatic rings. The lowest BCUT2D eigenvalue weighted by molar-refractivity contribution is -0.112. The van der Waals surface area contributed by atoms with Crippen molar-refractivity contribution in [1.29, 1.82) is 0 Å². The van der Waals surface area contributed by atoms with E-state index in [-0.39, 0.29) is 11.8 Å². The van der Waals surface area contributed by atoms with E-state index in [0.29, 0.717) is 10.9 Å². The first-order chi connectivity index (χ1) is 10.4. The van der Waals surface area contributed by atoms with E-state index in [1.807, 2.05) is 36.4 Å². The Hall–Kier alpha value is -2.58. The van der Waals surface area contributed by atoms with Crippen LogP contribution < -0.4 is 9.38 Å². The molecular formula is C17H18N3O2+. The highest BCUT2D eigenvalue weighted by Crippen LogP contribution is 2.44. The maximum absolute atomic E-state index is 11.6. The van der Waals surface area contributed by atoms with E-state index in [4.69, 9.17) is 0 Å². The fourth-order valence-corrected chi connectivity index (χ4v) is 2.66. The second-order valence-corrected chi connectivity index (χ2v) is 6.04. The van der Waals surface area contributed by atoms with E-state index in [1.54, 1.807) is 0 Å². The standard InChI is InChI=1S/C17H17N3O2/c1-12-6-4-9-15(21)16(22)10-19(12)13-7-5-8-14-17(13)18-11-20(14,2)3/h5,7-8,10-12H,6H2,1-3H3/p+1. The highest BCUT2D eigenvalue weighted by molar-refractivity contribution is 6.07. The third kappa shape index (κ3) is 2.28. The summed E-state index contributed by atoms with van der Waals surface area (Å²) in [6.45, 7) is 2.01. The first-order valence-electron chi connectivity index (χ1n) is 7.15. The molecule has 0 saturated carbocycles. The van der Waals surface area contributed by atoms with Crippen LogP contribution in [0.5, 0.6) is 0 Å². The number of rotatable bonds is 1. The number of aliphatic hydroxyl groups is 1. The summed E-state index contributed by atoms with van der Waals surface area (Å²) in [5.41, 5.74) is 2.81.